The van der Waals surface area contributed by atoms with Crippen LogP contribution in [0.25, 0.3) is 0 Å². The summed E-state index contributed by atoms with van der Waals surface area (Å²) in [5, 5.41) is 14.3. The van der Waals surface area contributed by atoms with Gasteiger partial charge in [-0.25, -0.2) is 10.4 Å². The number of rotatable bonds is 1. The minimum Gasteiger partial charge on any atom is -0.548 e. The van der Waals surface area contributed by atoms with Gasteiger partial charge in [0.1, 0.15) is 0 Å². The second kappa shape index (κ2) is 3.77. The Hall–Kier alpha value is -0.0526. The van der Waals surface area contributed by atoms with Crippen molar-refractivity contribution in [3.05, 3.63) is 0 Å². The van der Waals surface area contributed by atoms with Gasteiger partial charge in [0.2, 0.25) is 0 Å². The molecule has 2 saturated heterocycles. The predicted molar refractivity (Wildman–Crippen MR) is 34.8 cm³/mol. The molecular formula is C6H10LiN3O2. The summed E-state index contributed by atoms with van der Waals surface area (Å²) < 4.78 is 0. The molecule has 0 saturated carbocycles. The topological polar surface area (TPSA) is 58.6 Å². The molecule has 1 unspecified atom stereocenters. The summed E-state index contributed by atoms with van der Waals surface area (Å²) in [6, 6.07) is -0.518. The quantitative estimate of drug-likeness (QED) is 0.391. The fourth-order valence-corrected chi connectivity index (χ4v) is 1.56. The third kappa shape index (κ3) is 1.65. The van der Waals surface area contributed by atoms with Crippen molar-refractivity contribution in [1.82, 2.24) is 15.6 Å². The van der Waals surface area contributed by atoms with E-state index in [0.29, 0.717) is 6.54 Å². The van der Waals surface area contributed by atoms with E-state index in [1.165, 1.54) is 0 Å². The molecule has 2 rings (SSSR count). The smallest absolute Gasteiger partial charge is 0.548 e. The molecule has 6 heteroatoms. The standard InChI is InChI=1S/C6H11N3O2.Li/c10-6(11)5-4-8-2-1-3-9(8)7-5;/h5,7H,1-4H2,(H,10,11);/q;+1/p-1. The first-order valence-electron chi connectivity index (χ1n) is 3.77. The Morgan fingerprint density at radius 2 is 2.25 bits per heavy atom. The van der Waals surface area contributed by atoms with Crippen molar-refractivity contribution in [2.45, 2.75) is 12.5 Å². The van der Waals surface area contributed by atoms with Gasteiger partial charge in [0.25, 0.3) is 0 Å². The van der Waals surface area contributed by atoms with Gasteiger partial charge in [-0.15, -0.1) is 0 Å². The molecule has 0 bridgehead atoms. The summed E-state index contributed by atoms with van der Waals surface area (Å²) in [7, 11) is 0. The summed E-state index contributed by atoms with van der Waals surface area (Å²) in [5.74, 6) is -1.01. The van der Waals surface area contributed by atoms with Crippen LogP contribution in [0.4, 0.5) is 0 Å². The number of nitrogens with one attached hydrogen (secondary N) is 1. The number of fused-ring (bicyclic) bond motifs is 1. The van der Waals surface area contributed by atoms with Crippen LogP contribution in [-0.4, -0.2) is 41.8 Å². The van der Waals surface area contributed by atoms with Gasteiger partial charge in [-0.2, -0.15) is 5.12 Å². The molecule has 2 heterocycles. The molecule has 1 atom stereocenters. The van der Waals surface area contributed by atoms with Gasteiger partial charge in [-0.3, -0.25) is 0 Å². The second-order valence-corrected chi connectivity index (χ2v) is 2.89. The van der Waals surface area contributed by atoms with Crippen LogP contribution in [0.15, 0.2) is 0 Å². The zero-order valence-corrected chi connectivity index (χ0v) is 7.12. The molecule has 0 aliphatic carbocycles. The normalized spacial score (nSPS) is 29.8. The van der Waals surface area contributed by atoms with Gasteiger partial charge in [0.15, 0.2) is 0 Å². The summed E-state index contributed by atoms with van der Waals surface area (Å²) in [4.78, 5) is 10.4. The van der Waals surface area contributed by atoms with Crippen LogP contribution in [0.3, 0.4) is 0 Å². The van der Waals surface area contributed by atoms with Gasteiger partial charge >= 0.3 is 18.9 Å². The second-order valence-electron chi connectivity index (χ2n) is 2.89. The summed E-state index contributed by atoms with van der Waals surface area (Å²) in [5.41, 5.74) is 2.85. The van der Waals surface area contributed by atoms with E-state index in [9.17, 15) is 9.90 Å². The van der Waals surface area contributed by atoms with E-state index in [4.69, 9.17) is 0 Å². The number of hydrazine groups is 2. The fraction of sp³-hybridized carbons (Fsp3) is 0.833. The zero-order chi connectivity index (χ0) is 7.84. The van der Waals surface area contributed by atoms with Crippen molar-refractivity contribution in [2.24, 2.45) is 0 Å². The van der Waals surface area contributed by atoms with E-state index in [0.717, 1.165) is 19.5 Å². The van der Waals surface area contributed by atoms with Crippen LogP contribution >= 0.6 is 0 Å². The van der Waals surface area contributed by atoms with Crippen molar-refractivity contribution in [3.8, 4) is 0 Å². The Labute approximate surface area is 82.8 Å². The Balaban J connectivity index is 0.000000720. The fourth-order valence-electron chi connectivity index (χ4n) is 1.56. The molecule has 0 radical (unpaired) electrons. The monoisotopic (exact) mass is 163 g/mol. The van der Waals surface area contributed by atoms with Gasteiger partial charge in [-0.1, -0.05) is 0 Å². The Morgan fingerprint density at radius 3 is 2.83 bits per heavy atom. The summed E-state index contributed by atoms with van der Waals surface area (Å²) in [6.07, 6.45) is 1.10. The molecule has 2 fully saturated rings. The molecule has 12 heavy (non-hydrogen) atoms. The number of carbonyl (C=O) groups is 1. The maximum Gasteiger partial charge on any atom is 1.00 e. The average molecular weight is 163 g/mol. The first-order chi connectivity index (χ1) is 5.27. The van der Waals surface area contributed by atoms with Crippen molar-refractivity contribution < 1.29 is 28.8 Å². The molecule has 2 aliphatic rings. The molecule has 0 amide bonds. The van der Waals surface area contributed by atoms with Crippen LogP contribution in [0, 0.1) is 0 Å². The number of carbonyl (C=O) groups excluding carboxylic acids is 1. The van der Waals surface area contributed by atoms with Crippen LogP contribution < -0.4 is 29.4 Å². The number of hydrogen-bond acceptors (Lipinski definition) is 5. The van der Waals surface area contributed by atoms with Crippen LogP contribution in [0.1, 0.15) is 6.42 Å². The summed E-state index contributed by atoms with van der Waals surface area (Å²) in [6.45, 7) is 2.41. The Morgan fingerprint density at radius 1 is 1.50 bits per heavy atom. The van der Waals surface area contributed by atoms with Crippen molar-refractivity contribution in [3.63, 3.8) is 0 Å². The van der Waals surface area contributed by atoms with Gasteiger partial charge in [0, 0.05) is 19.6 Å². The van der Waals surface area contributed by atoms with Crippen molar-refractivity contribution in [1.29, 1.82) is 0 Å². The Kier molecular flexibility index (Phi) is 3.15. The number of carboxylic acid groups (broad SMARTS) is 1. The van der Waals surface area contributed by atoms with Gasteiger partial charge in [0.05, 0.1) is 12.0 Å². The molecule has 62 valence electrons. The first-order valence-corrected chi connectivity index (χ1v) is 3.77. The van der Waals surface area contributed by atoms with Gasteiger partial charge < -0.3 is 9.90 Å². The van der Waals surface area contributed by atoms with E-state index in [1.54, 1.807) is 0 Å². The minimum absolute atomic E-state index is 0. The molecule has 0 aromatic rings. The van der Waals surface area contributed by atoms with E-state index in [1.807, 2.05) is 10.1 Å². The number of nitrogens with zero attached hydrogens (tertiary/aromatic N) is 2. The average Bonchev–Trinajstić information content (AvgIpc) is 2.40. The van der Waals surface area contributed by atoms with Crippen molar-refractivity contribution in [2.75, 3.05) is 19.6 Å². The third-order valence-electron chi connectivity index (χ3n) is 2.11. The predicted octanol–water partition coefficient (Wildman–Crippen LogP) is -5.45. The zero-order valence-electron chi connectivity index (χ0n) is 7.12. The molecule has 0 aromatic carbocycles. The molecule has 0 aromatic heterocycles. The molecule has 1 N–H and O–H groups in total. The number of carboxylic acids is 1. The summed E-state index contributed by atoms with van der Waals surface area (Å²) >= 11 is 0. The van der Waals surface area contributed by atoms with Gasteiger partial charge in [-0.05, 0) is 6.42 Å². The third-order valence-corrected chi connectivity index (χ3v) is 2.11. The maximum absolute atomic E-state index is 10.4. The molecule has 2 aliphatic heterocycles. The minimum atomic E-state index is -1.01. The van der Waals surface area contributed by atoms with E-state index in [2.05, 4.69) is 5.43 Å². The molecular weight excluding hydrogens is 153 g/mol. The largest absolute Gasteiger partial charge is 1.00 e. The Bertz CT molecular complexity index is 178. The molecule has 0 spiro atoms. The SMILES string of the molecule is O=C([O-])C1CN2CCCN2N1.[Li+]. The number of aliphatic carboxylic acids is 1. The van der Waals surface area contributed by atoms with Crippen LogP contribution in [0.5, 0.6) is 0 Å². The van der Waals surface area contributed by atoms with E-state index in [-0.39, 0.29) is 18.9 Å². The first kappa shape index (κ1) is 10.0. The van der Waals surface area contributed by atoms with Crippen LogP contribution in [-0.2, 0) is 4.79 Å². The maximum atomic E-state index is 10.4. The van der Waals surface area contributed by atoms with E-state index < -0.39 is 12.0 Å². The van der Waals surface area contributed by atoms with E-state index >= 15 is 0 Å². The van der Waals surface area contributed by atoms with Crippen molar-refractivity contribution >= 4 is 5.97 Å². The molecule has 5 nitrogen and oxygen atoms in total. The van der Waals surface area contributed by atoms with Crippen LogP contribution in [0.2, 0.25) is 0 Å². The number of hydrogen-bond donors (Lipinski definition) is 1.